The number of pyridine rings is 1. The molecule has 3 fully saturated rings. The molecule has 2 aromatic rings. The largest absolute Gasteiger partial charge is 0.342 e. The molecule has 27 heavy (non-hydrogen) atoms. The molecule has 3 saturated heterocycles. The van der Waals surface area contributed by atoms with Crippen molar-refractivity contribution in [3.8, 4) is 11.4 Å². The van der Waals surface area contributed by atoms with Crippen LogP contribution in [0, 0.1) is 11.8 Å². The highest BCUT2D eigenvalue weighted by Gasteiger charge is 2.44. The molecule has 1 amide bonds. The Labute approximate surface area is 159 Å². The predicted molar refractivity (Wildman–Crippen MR) is 103 cm³/mol. The molecule has 0 aliphatic carbocycles. The number of hydrogen-bond donors (Lipinski definition) is 0. The van der Waals surface area contributed by atoms with Crippen LogP contribution < -0.4 is 0 Å². The van der Waals surface area contributed by atoms with Crippen molar-refractivity contribution >= 4 is 5.91 Å². The Morgan fingerprint density at radius 3 is 3.00 bits per heavy atom. The maximum absolute atomic E-state index is 12.7. The second-order valence-electron chi connectivity index (χ2n) is 7.59. The first-order chi connectivity index (χ1) is 13.2. The zero-order valence-corrected chi connectivity index (χ0v) is 15.7. The summed E-state index contributed by atoms with van der Waals surface area (Å²) in [5.41, 5.74) is 1.64. The van der Waals surface area contributed by atoms with Crippen molar-refractivity contribution in [2.24, 2.45) is 11.8 Å². The van der Waals surface area contributed by atoms with Gasteiger partial charge in [-0.1, -0.05) is 17.4 Å². The lowest BCUT2D eigenvalue weighted by molar-refractivity contribution is -0.142. The smallest absolute Gasteiger partial charge is 0.227 e. The molecule has 2 bridgehead atoms. The van der Waals surface area contributed by atoms with Gasteiger partial charge < -0.3 is 4.90 Å². The third-order valence-electron chi connectivity index (χ3n) is 5.84. The lowest BCUT2D eigenvalue weighted by Crippen LogP contribution is -2.58. The van der Waals surface area contributed by atoms with Crippen LogP contribution in [0.4, 0.5) is 0 Å². The molecular formula is C20H26N6O. The first-order valence-corrected chi connectivity index (χ1v) is 9.57. The number of carbonyl (C=O) groups excluding carboxylic acids is 1. The SMILES string of the molecule is C=CCN(C)C(=O)[C@H]1CN2CC[C@@H]1C[C@@H]2Cn1cc(-c2ccccn2)nn1. The van der Waals surface area contributed by atoms with Crippen molar-refractivity contribution in [1.29, 1.82) is 0 Å². The molecular weight excluding hydrogens is 340 g/mol. The Kier molecular flexibility index (Phi) is 5.03. The minimum Gasteiger partial charge on any atom is -0.342 e. The third-order valence-corrected chi connectivity index (χ3v) is 5.84. The molecule has 7 nitrogen and oxygen atoms in total. The van der Waals surface area contributed by atoms with Crippen LogP contribution in [0.5, 0.6) is 0 Å². The first-order valence-electron chi connectivity index (χ1n) is 9.57. The molecule has 7 heteroatoms. The molecule has 142 valence electrons. The van der Waals surface area contributed by atoms with E-state index >= 15 is 0 Å². The van der Waals surface area contributed by atoms with Crippen LogP contribution in [-0.2, 0) is 11.3 Å². The first kappa shape index (κ1) is 17.9. The van der Waals surface area contributed by atoms with E-state index in [1.165, 1.54) is 0 Å². The normalized spacial score (nSPS) is 26.7. The lowest BCUT2D eigenvalue weighted by Gasteiger charge is -2.49. The van der Waals surface area contributed by atoms with Gasteiger partial charge in [0.2, 0.25) is 5.91 Å². The highest BCUT2D eigenvalue weighted by molar-refractivity contribution is 5.79. The van der Waals surface area contributed by atoms with Gasteiger partial charge in [0.25, 0.3) is 0 Å². The second-order valence-corrected chi connectivity index (χ2v) is 7.59. The van der Waals surface area contributed by atoms with E-state index in [-0.39, 0.29) is 11.8 Å². The van der Waals surface area contributed by atoms with Gasteiger partial charge >= 0.3 is 0 Å². The molecule has 0 radical (unpaired) electrons. The molecule has 3 aliphatic heterocycles. The molecule has 4 atom stereocenters. The molecule has 5 rings (SSSR count). The minimum absolute atomic E-state index is 0.111. The number of nitrogens with zero attached hydrogens (tertiary/aromatic N) is 6. The van der Waals surface area contributed by atoms with Gasteiger partial charge in [-0.2, -0.15) is 0 Å². The highest BCUT2D eigenvalue weighted by atomic mass is 16.2. The van der Waals surface area contributed by atoms with Gasteiger partial charge in [-0.3, -0.25) is 19.4 Å². The van der Waals surface area contributed by atoms with Crippen molar-refractivity contribution in [3.63, 3.8) is 0 Å². The Morgan fingerprint density at radius 2 is 2.30 bits per heavy atom. The van der Waals surface area contributed by atoms with Gasteiger partial charge in [-0.05, 0) is 37.4 Å². The van der Waals surface area contributed by atoms with E-state index in [2.05, 4.69) is 26.8 Å². The second kappa shape index (κ2) is 7.60. The summed E-state index contributed by atoms with van der Waals surface area (Å²) in [6, 6.07) is 6.20. The monoisotopic (exact) mass is 366 g/mol. The zero-order valence-electron chi connectivity index (χ0n) is 15.7. The molecule has 1 unspecified atom stereocenters. The predicted octanol–water partition coefficient (Wildman–Crippen LogP) is 1.69. The molecule has 0 saturated carbocycles. The maximum atomic E-state index is 12.7. The van der Waals surface area contributed by atoms with E-state index in [1.54, 1.807) is 17.2 Å². The van der Waals surface area contributed by atoms with E-state index in [0.29, 0.717) is 18.5 Å². The number of fused-ring (bicyclic) bond motifs is 3. The summed E-state index contributed by atoms with van der Waals surface area (Å²) >= 11 is 0. The highest BCUT2D eigenvalue weighted by Crippen LogP contribution is 2.37. The topological polar surface area (TPSA) is 67.2 Å². The van der Waals surface area contributed by atoms with Gasteiger partial charge in [0.15, 0.2) is 0 Å². The maximum Gasteiger partial charge on any atom is 0.227 e. The standard InChI is InChI=1S/C20H26N6O/c1-3-9-24(2)20(27)17-13-25-10-7-15(17)11-16(25)12-26-14-19(22-23-26)18-6-4-5-8-21-18/h3-6,8,14-17H,1,7,9-13H2,2H3/t15-,16-,17+/m1/s1. The summed E-state index contributed by atoms with van der Waals surface area (Å²) in [6.07, 6.45) is 7.65. The zero-order chi connectivity index (χ0) is 18.8. The number of rotatable bonds is 6. The number of aromatic nitrogens is 4. The van der Waals surface area contributed by atoms with Gasteiger partial charge in [-0.15, -0.1) is 11.7 Å². The van der Waals surface area contributed by atoms with E-state index in [1.807, 2.05) is 36.1 Å². The molecule has 0 aromatic carbocycles. The lowest BCUT2D eigenvalue weighted by atomic mass is 9.75. The summed E-state index contributed by atoms with van der Waals surface area (Å²) in [5, 5.41) is 8.55. The van der Waals surface area contributed by atoms with Crippen LogP contribution in [0.3, 0.4) is 0 Å². The average Bonchev–Trinajstić information content (AvgIpc) is 3.17. The van der Waals surface area contributed by atoms with E-state index in [4.69, 9.17) is 0 Å². The average molecular weight is 366 g/mol. The van der Waals surface area contributed by atoms with Crippen molar-refractivity contribution in [2.75, 3.05) is 26.7 Å². The van der Waals surface area contributed by atoms with Crippen molar-refractivity contribution < 1.29 is 4.79 Å². The van der Waals surface area contributed by atoms with Crippen LogP contribution >= 0.6 is 0 Å². The number of likely N-dealkylation sites (N-methyl/N-ethyl adjacent to an activating group) is 1. The fourth-order valence-electron chi connectivity index (χ4n) is 4.41. The summed E-state index contributed by atoms with van der Waals surface area (Å²) < 4.78 is 1.91. The van der Waals surface area contributed by atoms with E-state index in [0.717, 1.165) is 43.9 Å². The van der Waals surface area contributed by atoms with Crippen LogP contribution in [0.2, 0.25) is 0 Å². The molecule has 0 spiro atoms. The third kappa shape index (κ3) is 3.64. The molecule has 0 N–H and O–H groups in total. The van der Waals surface area contributed by atoms with Crippen LogP contribution in [-0.4, -0.2) is 68.4 Å². The summed E-state index contributed by atoms with van der Waals surface area (Å²) in [4.78, 5) is 21.3. The Hall–Kier alpha value is -2.54. The van der Waals surface area contributed by atoms with E-state index in [9.17, 15) is 4.79 Å². The van der Waals surface area contributed by atoms with E-state index < -0.39 is 0 Å². The van der Waals surface area contributed by atoms with Crippen LogP contribution in [0.25, 0.3) is 11.4 Å². The molecule has 2 aromatic heterocycles. The van der Waals surface area contributed by atoms with Gasteiger partial charge in [0, 0.05) is 32.4 Å². The summed E-state index contributed by atoms with van der Waals surface area (Å²) in [6.45, 7) is 7.06. The van der Waals surface area contributed by atoms with Gasteiger partial charge in [0.05, 0.1) is 24.4 Å². The Balaban J connectivity index is 1.41. The summed E-state index contributed by atoms with van der Waals surface area (Å²) in [7, 11) is 1.87. The van der Waals surface area contributed by atoms with Crippen LogP contribution in [0.15, 0.2) is 43.2 Å². The van der Waals surface area contributed by atoms with Crippen molar-refractivity contribution in [1.82, 2.24) is 29.8 Å². The molecule has 3 aliphatic rings. The number of carbonyl (C=O) groups is 1. The van der Waals surface area contributed by atoms with Crippen LogP contribution in [0.1, 0.15) is 12.8 Å². The number of amides is 1. The van der Waals surface area contributed by atoms with Gasteiger partial charge in [-0.25, -0.2) is 0 Å². The van der Waals surface area contributed by atoms with Crippen molar-refractivity contribution in [3.05, 3.63) is 43.2 Å². The fourth-order valence-corrected chi connectivity index (χ4v) is 4.41. The quantitative estimate of drug-likeness (QED) is 0.728. The Morgan fingerprint density at radius 1 is 1.41 bits per heavy atom. The summed E-state index contributed by atoms with van der Waals surface area (Å²) in [5.74, 6) is 0.819. The van der Waals surface area contributed by atoms with Gasteiger partial charge in [0.1, 0.15) is 5.69 Å². The number of hydrogen-bond acceptors (Lipinski definition) is 5. The molecule has 5 heterocycles. The Bertz CT molecular complexity index is 804. The number of piperidine rings is 3. The minimum atomic E-state index is 0.111. The van der Waals surface area contributed by atoms with Crippen molar-refractivity contribution in [2.45, 2.75) is 25.4 Å². The fraction of sp³-hybridized carbons (Fsp3) is 0.500.